The summed E-state index contributed by atoms with van der Waals surface area (Å²) in [6.07, 6.45) is 4.87. The normalized spacial score (nSPS) is 16.1. The topological polar surface area (TPSA) is 49.3 Å². The molecule has 2 N–H and O–H groups in total. The van der Waals surface area contributed by atoms with Gasteiger partial charge in [-0.15, -0.1) is 0 Å². The van der Waals surface area contributed by atoms with Crippen molar-refractivity contribution in [2.75, 3.05) is 6.54 Å². The molecule has 1 aromatic rings. The zero-order chi connectivity index (χ0) is 12.3. The van der Waals surface area contributed by atoms with Crippen LogP contribution in [0.5, 0.6) is 5.75 Å². The minimum atomic E-state index is -0.253. The first-order valence-corrected chi connectivity index (χ1v) is 6.31. The fraction of sp³-hybridized carbons (Fsp3) is 0.462. The third kappa shape index (κ3) is 3.13. The number of hydrogen-bond acceptors (Lipinski definition) is 2. The van der Waals surface area contributed by atoms with Crippen LogP contribution in [0, 0.1) is 5.92 Å². The molecule has 1 aliphatic rings. The molecular weight excluding hydrogens is 238 g/mol. The number of nitrogens with one attached hydrogen (secondary N) is 1. The molecule has 0 heterocycles. The molecule has 1 aromatic carbocycles. The number of phenols is 1. The third-order valence-electron chi connectivity index (χ3n) is 3.23. The van der Waals surface area contributed by atoms with Crippen LogP contribution in [0.1, 0.15) is 36.0 Å². The highest BCUT2D eigenvalue weighted by molar-refractivity contribution is 6.31. The standard InChI is InChI=1S/C13H16ClNO2/c14-10-5-6-12(16)11(7-10)13(17)15-8-9-3-1-2-4-9/h5-7,9,16H,1-4,8H2,(H,15,17). The molecule has 0 aromatic heterocycles. The number of phenolic OH excluding ortho intramolecular Hbond substituents is 1. The number of benzene rings is 1. The number of rotatable bonds is 3. The second-order valence-corrected chi connectivity index (χ2v) is 4.96. The first-order chi connectivity index (χ1) is 8.16. The van der Waals surface area contributed by atoms with Crippen LogP contribution in [0.2, 0.25) is 5.02 Å². The molecule has 4 heteroatoms. The summed E-state index contributed by atoms with van der Waals surface area (Å²) < 4.78 is 0. The fourth-order valence-electron chi connectivity index (χ4n) is 2.24. The average Bonchev–Trinajstić information content (AvgIpc) is 2.82. The number of carbonyl (C=O) groups excluding carboxylic acids is 1. The molecule has 0 spiro atoms. The van der Waals surface area contributed by atoms with Crippen molar-refractivity contribution in [2.45, 2.75) is 25.7 Å². The van der Waals surface area contributed by atoms with E-state index in [0.29, 0.717) is 17.5 Å². The molecule has 0 bridgehead atoms. The van der Waals surface area contributed by atoms with Crippen LogP contribution in [0.3, 0.4) is 0 Å². The van der Waals surface area contributed by atoms with Crippen LogP contribution in [0.15, 0.2) is 18.2 Å². The molecule has 0 radical (unpaired) electrons. The van der Waals surface area contributed by atoms with Gasteiger partial charge < -0.3 is 10.4 Å². The van der Waals surface area contributed by atoms with E-state index in [1.165, 1.54) is 37.8 Å². The second kappa shape index (κ2) is 5.41. The molecule has 0 atom stereocenters. The van der Waals surface area contributed by atoms with Gasteiger partial charge in [0.1, 0.15) is 5.75 Å². The van der Waals surface area contributed by atoms with Gasteiger partial charge in [0.15, 0.2) is 0 Å². The Balaban J connectivity index is 1.96. The van der Waals surface area contributed by atoms with Gasteiger partial charge in [0.2, 0.25) is 0 Å². The van der Waals surface area contributed by atoms with Crippen LogP contribution < -0.4 is 5.32 Å². The van der Waals surface area contributed by atoms with Crippen molar-refractivity contribution >= 4 is 17.5 Å². The highest BCUT2D eigenvalue weighted by Crippen LogP contribution is 2.24. The van der Waals surface area contributed by atoms with Crippen LogP contribution >= 0.6 is 11.6 Å². The Morgan fingerprint density at radius 1 is 1.41 bits per heavy atom. The van der Waals surface area contributed by atoms with E-state index in [9.17, 15) is 9.90 Å². The molecule has 92 valence electrons. The van der Waals surface area contributed by atoms with Gasteiger partial charge in [0.05, 0.1) is 5.56 Å². The minimum absolute atomic E-state index is 0.0293. The molecule has 1 aliphatic carbocycles. The van der Waals surface area contributed by atoms with E-state index >= 15 is 0 Å². The van der Waals surface area contributed by atoms with Crippen molar-refractivity contribution in [2.24, 2.45) is 5.92 Å². The number of halogens is 1. The summed E-state index contributed by atoms with van der Waals surface area (Å²) in [7, 11) is 0. The molecule has 2 rings (SSSR count). The average molecular weight is 254 g/mol. The summed E-state index contributed by atoms with van der Waals surface area (Å²) in [5.41, 5.74) is 0.246. The molecule has 1 saturated carbocycles. The van der Waals surface area contributed by atoms with Crippen LogP contribution in [-0.4, -0.2) is 17.6 Å². The Kier molecular flexibility index (Phi) is 3.89. The maximum atomic E-state index is 11.8. The van der Waals surface area contributed by atoms with Crippen LogP contribution in [0.25, 0.3) is 0 Å². The Morgan fingerprint density at radius 3 is 2.82 bits per heavy atom. The lowest BCUT2D eigenvalue weighted by Gasteiger charge is -2.11. The largest absolute Gasteiger partial charge is 0.507 e. The lowest BCUT2D eigenvalue weighted by atomic mass is 10.1. The van der Waals surface area contributed by atoms with Gasteiger partial charge in [0.25, 0.3) is 5.91 Å². The van der Waals surface area contributed by atoms with E-state index < -0.39 is 0 Å². The Hall–Kier alpha value is -1.22. The van der Waals surface area contributed by atoms with E-state index in [1.54, 1.807) is 6.07 Å². The summed E-state index contributed by atoms with van der Waals surface area (Å²) in [6.45, 7) is 0.685. The smallest absolute Gasteiger partial charge is 0.255 e. The molecule has 0 unspecified atom stereocenters. The van der Waals surface area contributed by atoms with Gasteiger partial charge >= 0.3 is 0 Å². The molecule has 1 amide bonds. The quantitative estimate of drug-likeness (QED) is 0.870. The van der Waals surface area contributed by atoms with Gasteiger partial charge in [0, 0.05) is 11.6 Å². The summed E-state index contributed by atoms with van der Waals surface area (Å²) in [5, 5.41) is 12.9. The van der Waals surface area contributed by atoms with Gasteiger partial charge in [-0.2, -0.15) is 0 Å². The van der Waals surface area contributed by atoms with E-state index in [2.05, 4.69) is 5.32 Å². The molecule has 0 aliphatic heterocycles. The van der Waals surface area contributed by atoms with Gasteiger partial charge in [-0.05, 0) is 37.0 Å². The first-order valence-electron chi connectivity index (χ1n) is 5.93. The molecule has 0 saturated heterocycles. The fourth-order valence-corrected chi connectivity index (χ4v) is 2.41. The monoisotopic (exact) mass is 253 g/mol. The van der Waals surface area contributed by atoms with Crippen LogP contribution in [0.4, 0.5) is 0 Å². The van der Waals surface area contributed by atoms with Crippen LogP contribution in [-0.2, 0) is 0 Å². The lowest BCUT2D eigenvalue weighted by Crippen LogP contribution is -2.28. The Labute approximate surface area is 106 Å². The van der Waals surface area contributed by atoms with E-state index in [0.717, 1.165) is 0 Å². The zero-order valence-corrected chi connectivity index (χ0v) is 10.3. The molecule has 1 fully saturated rings. The van der Waals surface area contributed by atoms with Crippen molar-refractivity contribution in [1.82, 2.24) is 5.32 Å². The number of amides is 1. The van der Waals surface area contributed by atoms with E-state index in [4.69, 9.17) is 11.6 Å². The van der Waals surface area contributed by atoms with Crippen molar-refractivity contribution in [3.8, 4) is 5.75 Å². The SMILES string of the molecule is O=C(NCC1CCCC1)c1cc(Cl)ccc1O. The number of carbonyl (C=O) groups is 1. The second-order valence-electron chi connectivity index (χ2n) is 4.52. The molecule has 3 nitrogen and oxygen atoms in total. The lowest BCUT2D eigenvalue weighted by molar-refractivity contribution is 0.0944. The van der Waals surface area contributed by atoms with Crippen molar-refractivity contribution in [1.29, 1.82) is 0 Å². The predicted octanol–water partition coefficient (Wildman–Crippen LogP) is 2.97. The summed E-state index contributed by atoms with van der Waals surface area (Å²) in [6, 6.07) is 4.48. The highest BCUT2D eigenvalue weighted by atomic mass is 35.5. The predicted molar refractivity (Wildman–Crippen MR) is 67.4 cm³/mol. The Morgan fingerprint density at radius 2 is 2.12 bits per heavy atom. The molecular formula is C13H16ClNO2. The van der Waals surface area contributed by atoms with E-state index in [-0.39, 0.29) is 17.2 Å². The minimum Gasteiger partial charge on any atom is -0.507 e. The zero-order valence-electron chi connectivity index (χ0n) is 9.58. The summed E-state index contributed by atoms with van der Waals surface area (Å²) >= 11 is 5.80. The number of aromatic hydroxyl groups is 1. The van der Waals surface area contributed by atoms with Gasteiger partial charge in [-0.3, -0.25) is 4.79 Å². The maximum Gasteiger partial charge on any atom is 0.255 e. The highest BCUT2D eigenvalue weighted by Gasteiger charge is 2.17. The van der Waals surface area contributed by atoms with Crippen molar-refractivity contribution < 1.29 is 9.90 Å². The van der Waals surface area contributed by atoms with Gasteiger partial charge in [-0.25, -0.2) is 0 Å². The summed E-state index contributed by atoms with van der Waals surface area (Å²) in [4.78, 5) is 11.8. The van der Waals surface area contributed by atoms with E-state index in [1.807, 2.05) is 0 Å². The van der Waals surface area contributed by atoms with Gasteiger partial charge in [-0.1, -0.05) is 24.4 Å². The third-order valence-corrected chi connectivity index (χ3v) is 3.46. The van der Waals surface area contributed by atoms with Crippen molar-refractivity contribution in [3.05, 3.63) is 28.8 Å². The Bertz CT molecular complexity index is 414. The molecule has 17 heavy (non-hydrogen) atoms. The number of hydrogen-bond donors (Lipinski definition) is 2. The first kappa shape index (κ1) is 12.2. The maximum absolute atomic E-state index is 11.8. The van der Waals surface area contributed by atoms with Crippen molar-refractivity contribution in [3.63, 3.8) is 0 Å². The summed E-state index contributed by atoms with van der Waals surface area (Å²) in [5.74, 6) is 0.301.